The smallest absolute Gasteiger partial charge is 0.265 e. The van der Waals surface area contributed by atoms with Gasteiger partial charge in [0.05, 0.1) is 0 Å². The summed E-state index contributed by atoms with van der Waals surface area (Å²) in [4.78, 5) is 12.0. The minimum Gasteiger partial charge on any atom is -0.265 e. The van der Waals surface area contributed by atoms with E-state index >= 15 is 0 Å². The van der Waals surface area contributed by atoms with Gasteiger partial charge in [-0.2, -0.15) is 0 Å². The van der Waals surface area contributed by atoms with Crippen molar-refractivity contribution < 1.29 is 0 Å². The van der Waals surface area contributed by atoms with Gasteiger partial charge in [0.15, 0.2) is 0 Å². The highest BCUT2D eigenvalue weighted by atomic mass is 32.2. The fourth-order valence-corrected chi connectivity index (χ4v) is 2.68. The fourth-order valence-electron chi connectivity index (χ4n) is 0.969. The van der Waals surface area contributed by atoms with Crippen LogP contribution in [0.4, 0.5) is 0 Å². The first-order valence-corrected chi connectivity index (χ1v) is 5.20. The van der Waals surface area contributed by atoms with Crippen LogP contribution < -0.4 is 4.06 Å². The molecule has 0 amide bonds. The third kappa shape index (κ3) is 1.47. The predicted octanol–water partition coefficient (Wildman–Crippen LogP) is 2.84. The van der Waals surface area contributed by atoms with Crippen molar-refractivity contribution in [3.05, 3.63) is 44.6 Å². The first kappa shape index (κ1) is 7.71. The van der Waals surface area contributed by atoms with Crippen LogP contribution in [0.5, 0.6) is 0 Å². The van der Waals surface area contributed by atoms with Gasteiger partial charge in [0.2, 0.25) is 0 Å². The van der Waals surface area contributed by atoms with Gasteiger partial charge < -0.3 is 0 Å². The molecule has 0 aliphatic heterocycles. The Morgan fingerprint density at radius 1 is 1.08 bits per heavy atom. The maximum Gasteiger partial charge on any atom is 0.287 e. The molecule has 1 aromatic carbocycles. The number of benzene rings is 1. The Balaban J connectivity index is 2.51. The Labute approximate surface area is 77.9 Å². The van der Waals surface area contributed by atoms with Crippen LogP contribution >= 0.6 is 22.7 Å². The van der Waals surface area contributed by atoms with Crippen molar-refractivity contribution in [1.29, 1.82) is 0 Å². The maximum atomic E-state index is 10.9. The standard InChI is InChI=1S/C9H6OS2/c10-9-11-6-8(12-9)7-4-2-1-3-5-7/h1-6H. The van der Waals surface area contributed by atoms with E-state index in [1.165, 1.54) is 22.7 Å². The van der Waals surface area contributed by atoms with E-state index in [0.717, 1.165) is 10.4 Å². The zero-order valence-electron chi connectivity index (χ0n) is 6.19. The lowest BCUT2D eigenvalue weighted by molar-refractivity contribution is 1.71. The minimum absolute atomic E-state index is 0.161. The molecule has 0 fully saturated rings. The van der Waals surface area contributed by atoms with Gasteiger partial charge in [-0.15, -0.1) is 0 Å². The van der Waals surface area contributed by atoms with Crippen molar-refractivity contribution in [2.24, 2.45) is 0 Å². The third-order valence-electron chi connectivity index (χ3n) is 1.51. The summed E-state index contributed by atoms with van der Waals surface area (Å²) in [5.74, 6) is 0. The molecule has 0 bridgehead atoms. The van der Waals surface area contributed by atoms with E-state index in [-0.39, 0.29) is 4.06 Å². The van der Waals surface area contributed by atoms with Gasteiger partial charge in [0, 0.05) is 10.3 Å². The minimum atomic E-state index is 0.161. The largest absolute Gasteiger partial charge is 0.287 e. The SMILES string of the molecule is O=c1scc(-c2ccccc2)s1. The van der Waals surface area contributed by atoms with Crippen molar-refractivity contribution in [2.45, 2.75) is 0 Å². The molecule has 0 unspecified atom stereocenters. The van der Waals surface area contributed by atoms with Crippen LogP contribution in [0.15, 0.2) is 40.5 Å². The van der Waals surface area contributed by atoms with E-state index in [2.05, 4.69) is 0 Å². The molecule has 0 saturated carbocycles. The Kier molecular flexibility index (Phi) is 2.06. The van der Waals surface area contributed by atoms with Crippen LogP contribution in [0.1, 0.15) is 0 Å². The molecule has 0 saturated heterocycles. The van der Waals surface area contributed by atoms with Crippen molar-refractivity contribution in [3.63, 3.8) is 0 Å². The van der Waals surface area contributed by atoms with Gasteiger partial charge in [-0.1, -0.05) is 53.0 Å². The quantitative estimate of drug-likeness (QED) is 0.682. The van der Waals surface area contributed by atoms with E-state index in [1.54, 1.807) is 0 Å². The van der Waals surface area contributed by atoms with E-state index in [9.17, 15) is 4.79 Å². The number of rotatable bonds is 1. The molecule has 1 nitrogen and oxygen atoms in total. The van der Waals surface area contributed by atoms with Crippen molar-refractivity contribution in [2.75, 3.05) is 0 Å². The number of hydrogen-bond donors (Lipinski definition) is 0. The van der Waals surface area contributed by atoms with Crippen LogP contribution in [0.3, 0.4) is 0 Å². The maximum absolute atomic E-state index is 10.9. The van der Waals surface area contributed by atoms with Crippen LogP contribution in [0.25, 0.3) is 10.4 Å². The van der Waals surface area contributed by atoms with E-state index in [0.29, 0.717) is 0 Å². The van der Waals surface area contributed by atoms with E-state index < -0.39 is 0 Å². The van der Waals surface area contributed by atoms with Crippen molar-refractivity contribution in [3.8, 4) is 10.4 Å². The molecular formula is C9H6OS2. The Hall–Kier alpha value is -0.930. The summed E-state index contributed by atoms with van der Waals surface area (Å²) in [5, 5.41) is 1.91. The molecule has 12 heavy (non-hydrogen) atoms. The van der Waals surface area contributed by atoms with Gasteiger partial charge in [-0.05, 0) is 5.56 Å². The molecule has 2 rings (SSSR count). The summed E-state index contributed by atoms with van der Waals surface area (Å²) in [7, 11) is 0. The van der Waals surface area contributed by atoms with Gasteiger partial charge in [0.25, 0.3) is 4.06 Å². The molecule has 0 spiro atoms. The molecule has 0 radical (unpaired) electrons. The number of hydrogen-bond acceptors (Lipinski definition) is 3. The predicted molar refractivity (Wildman–Crippen MR) is 53.9 cm³/mol. The molecule has 1 aromatic heterocycles. The van der Waals surface area contributed by atoms with Gasteiger partial charge in [0.1, 0.15) is 0 Å². The second-order valence-corrected chi connectivity index (χ2v) is 4.43. The summed E-state index contributed by atoms with van der Waals surface area (Å²) in [6.45, 7) is 0. The van der Waals surface area contributed by atoms with E-state index in [1.807, 2.05) is 35.7 Å². The van der Waals surface area contributed by atoms with Gasteiger partial charge in [-0.25, -0.2) is 0 Å². The first-order chi connectivity index (χ1) is 5.86. The van der Waals surface area contributed by atoms with Crippen molar-refractivity contribution in [1.82, 2.24) is 0 Å². The van der Waals surface area contributed by atoms with Crippen molar-refractivity contribution >= 4 is 22.7 Å². The normalized spacial score (nSPS) is 10.0. The van der Waals surface area contributed by atoms with Crippen LogP contribution in [0, 0.1) is 0 Å². The highest BCUT2D eigenvalue weighted by Gasteiger charge is 1.98. The first-order valence-electron chi connectivity index (χ1n) is 3.50. The van der Waals surface area contributed by atoms with E-state index in [4.69, 9.17) is 0 Å². The molecule has 0 N–H and O–H groups in total. The molecule has 0 aliphatic rings. The topological polar surface area (TPSA) is 17.1 Å². The van der Waals surface area contributed by atoms with Crippen LogP contribution in [-0.2, 0) is 0 Å². The second-order valence-electron chi connectivity index (χ2n) is 2.32. The Morgan fingerprint density at radius 2 is 1.83 bits per heavy atom. The highest BCUT2D eigenvalue weighted by Crippen LogP contribution is 2.22. The average molecular weight is 194 g/mol. The zero-order valence-corrected chi connectivity index (χ0v) is 7.82. The summed E-state index contributed by atoms with van der Waals surface area (Å²) >= 11 is 2.57. The average Bonchev–Trinajstić information content (AvgIpc) is 2.54. The molecule has 1 heterocycles. The molecule has 60 valence electrons. The fraction of sp³-hybridized carbons (Fsp3) is 0. The summed E-state index contributed by atoms with van der Waals surface area (Å²) in [6.07, 6.45) is 0. The van der Waals surface area contributed by atoms with Gasteiger partial charge in [-0.3, -0.25) is 4.79 Å². The second kappa shape index (κ2) is 3.21. The summed E-state index contributed by atoms with van der Waals surface area (Å²) < 4.78 is 0.161. The monoisotopic (exact) mass is 194 g/mol. The molecule has 0 aliphatic carbocycles. The third-order valence-corrected chi connectivity index (χ3v) is 3.49. The molecule has 0 atom stereocenters. The molecular weight excluding hydrogens is 188 g/mol. The lowest BCUT2D eigenvalue weighted by atomic mass is 10.2. The highest BCUT2D eigenvalue weighted by molar-refractivity contribution is 7.28. The van der Waals surface area contributed by atoms with Gasteiger partial charge >= 0.3 is 0 Å². The lowest BCUT2D eigenvalue weighted by Crippen LogP contribution is -1.74. The summed E-state index contributed by atoms with van der Waals surface area (Å²) in [5.41, 5.74) is 1.13. The molecule has 3 heteroatoms. The van der Waals surface area contributed by atoms with Crippen LogP contribution in [0.2, 0.25) is 0 Å². The lowest BCUT2D eigenvalue weighted by Gasteiger charge is -1.92. The zero-order chi connectivity index (χ0) is 8.39. The summed E-state index contributed by atoms with van der Waals surface area (Å²) in [6, 6.07) is 9.95. The van der Waals surface area contributed by atoms with Crippen LogP contribution in [-0.4, -0.2) is 0 Å². The Morgan fingerprint density at radius 3 is 2.42 bits per heavy atom. The molecule has 2 aromatic rings. The Bertz CT molecular complexity index is 413.